The molecule has 2 aromatic carbocycles. The Hall–Kier alpha value is -2.29. The molecule has 0 heterocycles. The Kier molecular flexibility index (Phi) is 2.87. The van der Waals surface area contributed by atoms with Crippen LogP contribution in [0.5, 0.6) is 5.75 Å². The zero-order chi connectivity index (χ0) is 11.4. The molecule has 2 N–H and O–H groups in total. The largest absolute Gasteiger partial charge is 0.507 e. The van der Waals surface area contributed by atoms with Crippen molar-refractivity contribution in [3.05, 3.63) is 60.2 Å². The molecular formula is C13H10NO2. The molecule has 2 rings (SSSR count). The molecule has 1 radical (unpaired) electrons. The number of hydrogen-bond acceptors (Lipinski definition) is 2. The van der Waals surface area contributed by atoms with Gasteiger partial charge < -0.3 is 10.4 Å². The number of amides is 1. The van der Waals surface area contributed by atoms with Gasteiger partial charge in [0, 0.05) is 5.69 Å². The predicted molar refractivity (Wildman–Crippen MR) is 61.3 cm³/mol. The molecule has 1 amide bonds. The van der Waals surface area contributed by atoms with E-state index in [4.69, 9.17) is 0 Å². The molecule has 79 valence electrons. The lowest BCUT2D eigenvalue weighted by Gasteiger charge is -2.05. The molecule has 16 heavy (non-hydrogen) atoms. The molecule has 3 nitrogen and oxygen atoms in total. The molecule has 0 spiro atoms. The summed E-state index contributed by atoms with van der Waals surface area (Å²) < 4.78 is 0. The van der Waals surface area contributed by atoms with Gasteiger partial charge in [0.1, 0.15) is 5.75 Å². The van der Waals surface area contributed by atoms with Gasteiger partial charge in [0.05, 0.1) is 5.56 Å². The zero-order valence-electron chi connectivity index (χ0n) is 8.47. The molecule has 0 aromatic heterocycles. The van der Waals surface area contributed by atoms with E-state index in [1.54, 1.807) is 42.5 Å². The van der Waals surface area contributed by atoms with Crippen molar-refractivity contribution in [2.45, 2.75) is 0 Å². The van der Waals surface area contributed by atoms with Crippen LogP contribution in [0, 0.1) is 6.07 Å². The van der Waals surface area contributed by atoms with E-state index in [0.717, 1.165) is 0 Å². The normalized spacial score (nSPS) is 9.75. The average molecular weight is 212 g/mol. The molecule has 0 fully saturated rings. The average Bonchev–Trinajstić information content (AvgIpc) is 2.31. The number of rotatable bonds is 2. The Morgan fingerprint density at radius 2 is 1.81 bits per heavy atom. The highest BCUT2D eigenvalue weighted by Gasteiger charge is 2.09. The second-order valence-corrected chi connectivity index (χ2v) is 3.26. The summed E-state index contributed by atoms with van der Waals surface area (Å²) in [5, 5.41) is 12.2. The van der Waals surface area contributed by atoms with Crippen molar-refractivity contribution >= 4 is 11.6 Å². The number of phenolic OH excluding ortho intramolecular Hbond substituents is 1. The maximum absolute atomic E-state index is 11.8. The third-order valence-corrected chi connectivity index (χ3v) is 2.12. The van der Waals surface area contributed by atoms with Crippen LogP contribution in [0.1, 0.15) is 10.4 Å². The fourth-order valence-electron chi connectivity index (χ4n) is 1.33. The molecule has 0 aliphatic carbocycles. The molecular weight excluding hydrogens is 202 g/mol. The van der Waals surface area contributed by atoms with Crippen LogP contribution in [0.2, 0.25) is 0 Å². The van der Waals surface area contributed by atoms with E-state index in [2.05, 4.69) is 11.4 Å². The topological polar surface area (TPSA) is 49.3 Å². The maximum atomic E-state index is 11.8. The third-order valence-electron chi connectivity index (χ3n) is 2.12. The Bertz CT molecular complexity index is 494. The SMILES string of the molecule is O=C(Nc1cc[c]cc1)c1ccccc1O. The minimum atomic E-state index is -0.329. The first kappa shape index (κ1) is 10.2. The van der Waals surface area contributed by atoms with Crippen molar-refractivity contribution in [1.29, 1.82) is 0 Å². The maximum Gasteiger partial charge on any atom is 0.259 e. The van der Waals surface area contributed by atoms with Gasteiger partial charge in [-0.2, -0.15) is 0 Å². The van der Waals surface area contributed by atoms with E-state index < -0.39 is 0 Å². The summed E-state index contributed by atoms with van der Waals surface area (Å²) >= 11 is 0. The quantitative estimate of drug-likeness (QED) is 0.803. The van der Waals surface area contributed by atoms with Gasteiger partial charge in [0.2, 0.25) is 0 Å². The smallest absolute Gasteiger partial charge is 0.259 e. The molecule has 0 saturated carbocycles. The number of phenols is 1. The minimum absolute atomic E-state index is 0.0255. The van der Waals surface area contributed by atoms with Crippen molar-refractivity contribution in [3.8, 4) is 5.75 Å². The van der Waals surface area contributed by atoms with Crippen LogP contribution < -0.4 is 5.32 Å². The summed E-state index contributed by atoms with van der Waals surface area (Å²) in [6.07, 6.45) is 0. The van der Waals surface area contributed by atoms with Crippen LogP contribution in [-0.4, -0.2) is 11.0 Å². The van der Waals surface area contributed by atoms with Crippen molar-refractivity contribution in [3.63, 3.8) is 0 Å². The summed E-state index contributed by atoms with van der Waals surface area (Å²) in [6.45, 7) is 0. The van der Waals surface area contributed by atoms with Gasteiger partial charge in [-0.3, -0.25) is 4.79 Å². The summed E-state index contributed by atoms with van der Waals surface area (Å²) in [5.41, 5.74) is 0.933. The van der Waals surface area contributed by atoms with Crippen LogP contribution in [0.15, 0.2) is 48.5 Å². The van der Waals surface area contributed by atoms with Crippen LogP contribution in [0.4, 0.5) is 5.69 Å². The predicted octanol–water partition coefficient (Wildman–Crippen LogP) is 2.44. The van der Waals surface area contributed by atoms with Gasteiger partial charge in [-0.1, -0.05) is 24.3 Å². The van der Waals surface area contributed by atoms with Crippen LogP contribution in [0.25, 0.3) is 0 Å². The summed E-state index contributed by atoms with van der Waals surface area (Å²) in [5.74, 6) is -0.355. The molecule has 3 heteroatoms. The lowest BCUT2D eigenvalue weighted by atomic mass is 10.2. The first-order valence-corrected chi connectivity index (χ1v) is 4.83. The van der Waals surface area contributed by atoms with Crippen LogP contribution in [-0.2, 0) is 0 Å². The van der Waals surface area contributed by atoms with Crippen LogP contribution in [0.3, 0.4) is 0 Å². The highest BCUT2D eigenvalue weighted by Crippen LogP contribution is 2.17. The van der Waals surface area contributed by atoms with E-state index in [1.165, 1.54) is 6.07 Å². The number of aromatic hydroxyl groups is 1. The van der Waals surface area contributed by atoms with Gasteiger partial charge >= 0.3 is 0 Å². The number of anilines is 1. The van der Waals surface area contributed by atoms with Gasteiger partial charge in [-0.15, -0.1) is 0 Å². The van der Waals surface area contributed by atoms with E-state index in [9.17, 15) is 9.90 Å². The van der Waals surface area contributed by atoms with Gasteiger partial charge in [-0.25, -0.2) is 0 Å². The molecule has 0 aliphatic rings. The van der Waals surface area contributed by atoms with Gasteiger partial charge in [-0.05, 0) is 30.3 Å². The third kappa shape index (κ3) is 2.20. The summed E-state index contributed by atoms with van der Waals surface area (Å²) in [7, 11) is 0. The van der Waals surface area contributed by atoms with Crippen molar-refractivity contribution in [1.82, 2.24) is 0 Å². The molecule has 0 unspecified atom stereocenters. The second-order valence-electron chi connectivity index (χ2n) is 3.26. The highest BCUT2D eigenvalue weighted by atomic mass is 16.3. The summed E-state index contributed by atoms with van der Waals surface area (Å²) in [4.78, 5) is 11.8. The van der Waals surface area contributed by atoms with Crippen molar-refractivity contribution < 1.29 is 9.90 Å². The standard InChI is InChI=1S/C13H10NO2/c15-12-9-5-4-8-11(12)13(16)14-10-6-2-1-3-7-10/h2-9,15H,(H,14,16). The van der Waals surface area contributed by atoms with Crippen LogP contribution >= 0.6 is 0 Å². The summed E-state index contributed by atoms with van der Waals surface area (Å²) in [6, 6.07) is 16.2. The number of hydrogen-bond donors (Lipinski definition) is 2. The Morgan fingerprint density at radius 3 is 2.50 bits per heavy atom. The number of carbonyl (C=O) groups excluding carboxylic acids is 1. The number of para-hydroxylation sites is 1. The highest BCUT2D eigenvalue weighted by molar-refractivity contribution is 6.06. The molecule has 0 aliphatic heterocycles. The molecule has 0 atom stereocenters. The van der Waals surface area contributed by atoms with E-state index >= 15 is 0 Å². The minimum Gasteiger partial charge on any atom is -0.507 e. The van der Waals surface area contributed by atoms with E-state index in [1.807, 2.05) is 0 Å². The molecule has 2 aromatic rings. The Labute approximate surface area is 93.4 Å². The zero-order valence-corrected chi connectivity index (χ0v) is 8.47. The van der Waals surface area contributed by atoms with Crippen molar-refractivity contribution in [2.24, 2.45) is 0 Å². The number of benzene rings is 2. The lowest BCUT2D eigenvalue weighted by Crippen LogP contribution is -2.11. The number of nitrogens with one attached hydrogen (secondary N) is 1. The number of carbonyl (C=O) groups is 1. The lowest BCUT2D eigenvalue weighted by molar-refractivity contribution is 0.102. The fourth-order valence-corrected chi connectivity index (χ4v) is 1.33. The Morgan fingerprint density at radius 1 is 1.12 bits per heavy atom. The monoisotopic (exact) mass is 212 g/mol. The van der Waals surface area contributed by atoms with E-state index in [-0.39, 0.29) is 17.2 Å². The van der Waals surface area contributed by atoms with E-state index in [0.29, 0.717) is 5.69 Å². The van der Waals surface area contributed by atoms with Gasteiger partial charge in [0.25, 0.3) is 5.91 Å². The first-order chi connectivity index (χ1) is 7.77. The van der Waals surface area contributed by atoms with Crippen molar-refractivity contribution in [2.75, 3.05) is 5.32 Å². The Balaban J connectivity index is 2.19. The molecule has 0 bridgehead atoms. The van der Waals surface area contributed by atoms with Gasteiger partial charge in [0.15, 0.2) is 0 Å². The second kappa shape index (κ2) is 4.49. The molecule has 0 saturated heterocycles. The fraction of sp³-hybridized carbons (Fsp3) is 0. The first-order valence-electron chi connectivity index (χ1n) is 4.83.